The fourth-order valence-electron chi connectivity index (χ4n) is 2.38. The fraction of sp³-hybridized carbons (Fsp3) is 0.263. The van der Waals surface area contributed by atoms with Gasteiger partial charge in [-0.2, -0.15) is 0 Å². The van der Waals surface area contributed by atoms with Crippen molar-refractivity contribution in [1.29, 1.82) is 0 Å². The van der Waals surface area contributed by atoms with Crippen molar-refractivity contribution in [3.63, 3.8) is 0 Å². The molecule has 0 unspecified atom stereocenters. The van der Waals surface area contributed by atoms with Crippen LogP contribution in [0.5, 0.6) is 0 Å². The highest BCUT2D eigenvalue weighted by Crippen LogP contribution is 2.26. The van der Waals surface area contributed by atoms with Gasteiger partial charge in [0.15, 0.2) is 0 Å². The van der Waals surface area contributed by atoms with Gasteiger partial charge in [-0.1, -0.05) is 31.2 Å². The molecule has 2 aromatic carbocycles. The van der Waals surface area contributed by atoms with E-state index in [1.165, 1.54) is 12.5 Å². The Bertz CT molecular complexity index is 714. The second-order valence-corrected chi connectivity index (χ2v) is 6.33. The Morgan fingerprint density at radius 2 is 1.75 bits per heavy atom. The zero-order chi connectivity index (χ0) is 17.5. The molecule has 0 fully saturated rings. The van der Waals surface area contributed by atoms with Gasteiger partial charge in [-0.3, -0.25) is 9.59 Å². The summed E-state index contributed by atoms with van der Waals surface area (Å²) in [4.78, 5) is 25.7. The SMILES string of the molecule is CCc1ccc(NC(=O)CCN(C(C)=O)c2ccccc2Br)cc1. The average Bonchev–Trinajstić information content (AvgIpc) is 2.57. The third kappa shape index (κ3) is 4.93. The van der Waals surface area contributed by atoms with Crippen LogP contribution < -0.4 is 10.2 Å². The van der Waals surface area contributed by atoms with E-state index < -0.39 is 0 Å². The van der Waals surface area contributed by atoms with Crippen LogP contribution in [0.1, 0.15) is 25.8 Å². The van der Waals surface area contributed by atoms with Crippen LogP contribution in [0.2, 0.25) is 0 Å². The van der Waals surface area contributed by atoms with E-state index >= 15 is 0 Å². The molecular formula is C19H21BrN2O2. The van der Waals surface area contributed by atoms with Crippen molar-refractivity contribution >= 4 is 39.1 Å². The first-order valence-electron chi connectivity index (χ1n) is 7.92. The minimum absolute atomic E-state index is 0.0954. The summed E-state index contributed by atoms with van der Waals surface area (Å²) >= 11 is 3.45. The number of aryl methyl sites for hydroxylation is 1. The first kappa shape index (κ1) is 18.2. The van der Waals surface area contributed by atoms with Gasteiger partial charge in [-0.15, -0.1) is 0 Å². The molecule has 0 aromatic heterocycles. The number of nitrogens with zero attached hydrogens (tertiary/aromatic N) is 1. The van der Waals surface area contributed by atoms with E-state index in [4.69, 9.17) is 0 Å². The van der Waals surface area contributed by atoms with Crippen LogP contribution in [0.25, 0.3) is 0 Å². The van der Waals surface area contributed by atoms with Gasteiger partial charge in [0.1, 0.15) is 0 Å². The van der Waals surface area contributed by atoms with Crippen LogP contribution in [0.4, 0.5) is 11.4 Å². The van der Waals surface area contributed by atoms with Gasteiger partial charge in [0, 0.05) is 30.0 Å². The number of rotatable bonds is 6. The van der Waals surface area contributed by atoms with Crippen LogP contribution in [0.15, 0.2) is 53.0 Å². The van der Waals surface area contributed by atoms with Crippen LogP contribution in [0.3, 0.4) is 0 Å². The Morgan fingerprint density at radius 1 is 1.08 bits per heavy atom. The van der Waals surface area contributed by atoms with Crippen LogP contribution in [-0.4, -0.2) is 18.4 Å². The third-order valence-corrected chi connectivity index (χ3v) is 4.40. The number of hydrogen-bond donors (Lipinski definition) is 1. The topological polar surface area (TPSA) is 49.4 Å². The summed E-state index contributed by atoms with van der Waals surface area (Å²) < 4.78 is 0.829. The summed E-state index contributed by atoms with van der Waals surface area (Å²) in [7, 11) is 0. The molecule has 0 aliphatic rings. The first-order chi connectivity index (χ1) is 11.5. The van der Waals surface area contributed by atoms with Crippen molar-refractivity contribution in [2.45, 2.75) is 26.7 Å². The van der Waals surface area contributed by atoms with E-state index in [2.05, 4.69) is 28.2 Å². The summed E-state index contributed by atoms with van der Waals surface area (Å²) in [5.74, 6) is -0.209. The van der Waals surface area contributed by atoms with Crippen molar-refractivity contribution in [2.75, 3.05) is 16.8 Å². The second-order valence-electron chi connectivity index (χ2n) is 5.47. The number of amides is 2. The maximum Gasteiger partial charge on any atom is 0.226 e. The normalized spacial score (nSPS) is 10.3. The van der Waals surface area contributed by atoms with Gasteiger partial charge >= 0.3 is 0 Å². The van der Waals surface area contributed by atoms with E-state index in [-0.39, 0.29) is 18.2 Å². The largest absolute Gasteiger partial charge is 0.326 e. The molecule has 0 aliphatic carbocycles. The zero-order valence-electron chi connectivity index (χ0n) is 13.9. The summed E-state index contributed by atoms with van der Waals surface area (Å²) in [5, 5.41) is 2.86. The highest BCUT2D eigenvalue weighted by atomic mass is 79.9. The molecular weight excluding hydrogens is 368 g/mol. The first-order valence-corrected chi connectivity index (χ1v) is 8.72. The molecule has 0 bridgehead atoms. The Hall–Kier alpha value is -2.14. The van der Waals surface area contributed by atoms with Gasteiger partial charge in [0.2, 0.25) is 11.8 Å². The Balaban J connectivity index is 1.97. The quantitative estimate of drug-likeness (QED) is 0.797. The minimum atomic E-state index is -0.113. The zero-order valence-corrected chi connectivity index (χ0v) is 15.5. The van der Waals surface area contributed by atoms with Crippen LogP contribution in [-0.2, 0) is 16.0 Å². The van der Waals surface area contributed by atoms with Crippen LogP contribution in [0, 0.1) is 0 Å². The van der Waals surface area contributed by atoms with E-state index in [0.29, 0.717) is 6.54 Å². The molecule has 1 N–H and O–H groups in total. The molecule has 5 heteroatoms. The number of carbonyl (C=O) groups excluding carboxylic acids is 2. The van der Waals surface area contributed by atoms with E-state index in [9.17, 15) is 9.59 Å². The predicted molar refractivity (Wildman–Crippen MR) is 101 cm³/mol. The summed E-state index contributed by atoms with van der Waals surface area (Å²) in [6.07, 6.45) is 1.20. The van der Waals surface area contributed by atoms with Crippen molar-refractivity contribution in [3.8, 4) is 0 Å². The van der Waals surface area contributed by atoms with Gasteiger partial charge in [-0.25, -0.2) is 0 Å². The number of carbonyl (C=O) groups is 2. The lowest BCUT2D eigenvalue weighted by Crippen LogP contribution is -2.32. The molecule has 0 spiro atoms. The van der Waals surface area contributed by atoms with Crippen molar-refractivity contribution < 1.29 is 9.59 Å². The van der Waals surface area contributed by atoms with Gasteiger partial charge < -0.3 is 10.2 Å². The predicted octanol–water partition coefficient (Wildman–Crippen LogP) is 4.39. The number of anilines is 2. The molecule has 0 saturated carbocycles. The molecule has 2 amide bonds. The number of nitrogens with one attached hydrogen (secondary N) is 1. The second kappa shape index (κ2) is 8.64. The van der Waals surface area contributed by atoms with Crippen LogP contribution >= 0.6 is 15.9 Å². The Morgan fingerprint density at radius 3 is 2.33 bits per heavy atom. The van der Waals surface area contributed by atoms with Gasteiger partial charge in [0.05, 0.1) is 5.69 Å². The Labute approximate surface area is 151 Å². The summed E-state index contributed by atoms with van der Waals surface area (Å²) in [6.45, 7) is 3.92. The maximum atomic E-state index is 12.1. The van der Waals surface area contributed by atoms with Crippen molar-refractivity contribution in [1.82, 2.24) is 0 Å². The highest BCUT2D eigenvalue weighted by Gasteiger charge is 2.15. The molecule has 2 aromatic rings. The molecule has 24 heavy (non-hydrogen) atoms. The number of halogens is 1. The highest BCUT2D eigenvalue weighted by molar-refractivity contribution is 9.10. The van der Waals surface area contributed by atoms with E-state index in [1.807, 2.05) is 48.5 Å². The summed E-state index contributed by atoms with van der Waals surface area (Å²) in [5.41, 5.74) is 2.77. The number of benzene rings is 2. The smallest absolute Gasteiger partial charge is 0.226 e. The molecule has 0 heterocycles. The third-order valence-electron chi connectivity index (χ3n) is 3.73. The lowest BCUT2D eigenvalue weighted by atomic mass is 10.1. The molecule has 126 valence electrons. The molecule has 0 radical (unpaired) electrons. The minimum Gasteiger partial charge on any atom is -0.326 e. The lowest BCUT2D eigenvalue weighted by molar-refractivity contribution is -0.117. The molecule has 0 aliphatic heterocycles. The van der Waals surface area contributed by atoms with E-state index in [1.54, 1.807) is 4.90 Å². The number of para-hydroxylation sites is 1. The molecule has 0 saturated heterocycles. The van der Waals surface area contributed by atoms with Gasteiger partial charge in [0.25, 0.3) is 0 Å². The molecule has 2 rings (SSSR count). The van der Waals surface area contributed by atoms with Crippen molar-refractivity contribution in [3.05, 3.63) is 58.6 Å². The Kier molecular flexibility index (Phi) is 6.55. The lowest BCUT2D eigenvalue weighted by Gasteiger charge is -2.22. The number of hydrogen-bond acceptors (Lipinski definition) is 2. The van der Waals surface area contributed by atoms with Crippen molar-refractivity contribution in [2.24, 2.45) is 0 Å². The van der Waals surface area contributed by atoms with E-state index in [0.717, 1.165) is 22.3 Å². The summed E-state index contributed by atoms with van der Waals surface area (Å²) in [6, 6.07) is 15.3. The molecule has 4 nitrogen and oxygen atoms in total. The van der Waals surface area contributed by atoms with Gasteiger partial charge in [-0.05, 0) is 52.2 Å². The monoisotopic (exact) mass is 388 g/mol. The fourth-order valence-corrected chi connectivity index (χ4v) is 2.88. The standard InChI is InChI=1S/C19H21BrN2O2/c1-3-15-8-10-16(11-9-15)21-19(24)12-13-22(14(2)23)18-7-5-4-6-17(18)20/h4-11H,3,12-13H2,1-2H3,(H,21,24). The average molecular weight is 389 g/mol. The molecule has 0 atom stereocenters. The maximum absolute atomic E-state index is 12.1.